The van der Waals surface area contributed by atoms with Crippen LogP contribution in [-0.4, -0.2) is 30.3 Å². The minimum absolute atomic E-state index is 0.100. The number of hydrogen-bond donors (Lipinski definition) is 2. The molecular formula is C16H26N2OS. The molecule has 1 aromatic carbocycles. The highest BCUT2D eigenvalue weighted by molar-refractivity contribution is 7.99. The van der Waals surface area contributed by atoms with Crippen molar-refractivity contribution in [2.45, 2.75) is 50.6 Å². The van der Waals surface area contributed by atoms with Gasteiger partial charge in [-0.15, -0.1) is 11.8 Å². The van der Waals surface area contributed by atoms with Crippen molar-refractivity contribution in [1.82, 2.24) is 10.6 Å². The van der Waals surface area contributed by atoms with Crippen LogP contribution in [-0.2, 0) is 4.79 Å². The third kappa shape index (κ3) is 6.44. The predicted molar refractivity (Wildman–Crippen MR) is 87.1 cm³/mol. The number of carbonyl (C=O) groups excluding carboxylic acids is 1. The third-order valence-corrected chi connectivity index (χ3v) is 4.30. The van der Waals surface area contributed by atoms with E-state index in [1.165, 1.54) is 4.90 Å². The van der Waals surface area contributed by atoms with E-state index in [-0.39, 0.29) is 11.9 Å². The van der Waals surface area contributed by atoms with E-state index in [1.807, 2.05) is 25.1 Å². The van der Waals surface area contributed by atoms with Crippen LogP contribution < -0.4 is 10.6 Å². The number of amides is 1. The van der Waals surface area contributed by atoms with Crippen molar-refractivity contribution in [3.63, 3.8) is 0 Å². The van der Waals surface area contributed by atoms with Crippen LogP contribution in [0.1, 0.15) is 33.6 Å². The maximum Gasteiger partial charge on any atom is 0.237 e. The second-order valence-corrected chi connectivity index (χ2v) is 6.03. The Hall–Kier alpha value is -1.00. The van der Waals surface area contributed by atoms with Gasteiger partial charge in [-0.2, -0.15) is 0 Å². The molecule has 1 unspecified atom stereocenters. The highest BCUT2D eigenvalue weighted by Crippen LogP contribution is 2.15. The fourth-order valence-electron chi connectivity index (χ4n) is 1.87. The first kappa shape index (κ1) is 17.1. The quantitative estimate of drug-likeness (QED) is 0.543. The zero-order valence-corrected chi connectivity index (χ0v) is 13.5. The van der Waals surface area contributed by atoms with Crippen molar-refractivity contribution in [2.75, 3.05) is 12.3 Å². The second kappa shape index (κ2) is 9.83. The van der Waals surface area contributed by atoms with Crippen molar-refractivity contribution < 1.29 is 4.79 Å². The van der Waals surface area contributed by atoms with E-state index < -0.39 is 0 Å². The number of hydrogen-bond acceptors (Lipinski definition) is 3. The van der Waals surface area contributed by atoms with Gasteiger partial charge in [-0.25, -0.2) is 0 Å². The molecule has 0 radical (unpaired) electrons. The molecule has 1 rings (SSSR count). The lowest BCUT2D eigenvalue weighted by Gasteiger charge is -2.19. The molecule has 0 saturated heterocycles. The number of thioether (sulfide) groups is 1. The third-order valence-electron chi connectivity index (χ3n) is 3.29. The first-order chi connectivity index (χ1) is 9.67. The monoisotopic (exact) mass is 294 g/mol. The molecular weight excluding hydrogens is 268 g/mol. The van der Waals surface area contributed by atoms with Crippen LogP contribution in [0.15, 0.2) is 35.2 Å². The van der Waals surface area contributed by atoms with E-state index in [2.05, 4.69) is 36.6 Å². The maximum absolute atomic E-state index is 12.0. The molecule has 1 aromatic rings. The lowest BCUT2D eigenvalue weighted by Crippen LogP contribution is -2.46. The van der Waals surface area contributed by atoms with E-state index in [0.29, 0.717) is 6.04 Å². The molecule has 112 valence electrons. The van der Waals surface area contributed by atoms with Crippen molar-refractivity contribution in [3.8, 4) is 0 Å². The molecule has 0 spiro atoms. The fourth-order valence-corrected chi connectivity index (χ4v) is 2.68. The van der Waals surface area contributed by atoms with Gasteiger partial charge in [-0.1, -0.05) is 32.0 Å². The Bertz CT molecular complexity index is 379. The van der Waals surface area contributed by atoms with Crippen molar-refractivity contribution >= 4 is 17.7 Å². The van der Waals surface area contributed by atoms with E-state index in [0.717, 1.165) is 25.1 Å². The molecule has 0 saturated carbocycles. The van der Waals surface area contributed by atoms with E-state index in [9.17, 15) is 4.79 Å². The van der Waals surface area contributed by atoms with Crippen LogP contribution in [0.3, 0.4) is 0 Å². The molecule has 1 amide bonds. The van der Waals surface area contributed by atoms with Crippen LogP contribution in [0, 0.1) is 0 Å². The lowest BCUT2D eigenvalue weighted by molar-refractivity contribution is -0.123. The number of rotatable bonds is 9. The van der Waals surface area contributed by atoms with E-state index in [4.69, 9.17) is 0 Å². The summed E-state index contributed by atoms with van der Waals surface area (Å²) in [6.45, 7) is 6.95. The highest BCUT2D eigenvalue weighted by atomic mass is 32.2. The van der Waals surface area contributed by atoms with Gasteiger partial charge >= 0.3 is 0 Å². The zero-order valence-electron chi connectivity index (χ0n) is 12.7. The second-order valence-electron chi connectivity index (χ2n) is 4.86. The SMILES string of the molecule is CCC(CC)NC(=O)C(C)NCCSc1ccccc1. The summed E-state index contributed by atoms with van der Waals surface area (Å²) in [6.07, 6.45) is 1.97. The lowest BCUT2D eigenvalue weighted by atomic mass is 10.1. The smallest absolute Gasteiger partial charge is 0.237 e. The Morgan fingerprint density at radius 2 is 1.85 bits per heavy atom. The van der Waals surface area contributed by atoms with Gasteiger partial charge in [0.15, 0.2) is 0 Å². The van der Waals surface area contributed by atoms with Crippen molar-refractivity contribution in [2.24, 2.45) is 0 Å². The summed E-state index contributed by atoms with van der Waals surface area (Å²) in [5.74, 6) is 1.07. The van der Waals surface area contributed by atoms with Crippen molar-refractivity contribution in [3.05, 3.63) is 30.3 Å². The molecule has 0 aliphatic heterocycles. The van der Waals surface area contributed by atoms with Crippen molar-refractivity contribution in [1.29, 1.82) is 0 Å². The van der Waals surface area contributed by atoms with Gasteiger partial charge < -0.3 is 10.6 Å². The molecule has 3 nitrogen and oxygen atoms in total. The summed E-state index contributed by atoms with van der Waals surface area (Å²) in [7, 11) is 0. The summed E-state index contributed by atoms with van der Waals surface area (Å²) in [4.78, 5) is 13.2. The van der Waals surface area contributed by atoms with Gasteiger partial charge in [0.1, 0.15) is 0 Å². The maximum atomic E-state index is 12.0. The molecule has 0 heterocycles. The minimum Gasteiger partial charge on any atom is -0.352 e. The standard InChI is InChI=1S/C16H26N2OS/c1-4-14(5-2)18-16(19)13(3)17-11-12-20-15-9-7-6-8-10-15/h6-10,13-14,17H,4-5,11-12H2,1-3H3,(H,18,19). The topological polar surface area (TPSA) is 41.1 Å². The zero-order chi connectivity index (χ0) is 14.8. The van der Waals surface area contributed by atoms with E-state index >= 15 is 0 Å². The first-order valence-electron chi connectivity index (χ1n) is 7.39. The molecule has 4 heteroatoms. The van der Waals surface area contributed by atoms with E-state index in [1.54, 1.807) is 11.8 Å². The summed E-state index contributed by atoms with van der Waals surface area (Å²) >= 11 is 1.80. The average molecular weight is 294 g/mol. The van der Waals surface area contributed by atoms with Gasteiger partial charge in [0, 0.05) is 23.2 Å². The molecule has 0 aliphatic rings. The molecule has 0 bridgehead atoms. The summed E-state index contributed by atoms with van der Waals surface area (Å²) in [5, 5.41) is 6.34. The Labute approximate surface area is 126 Å². The average Bonchev–Trinajstić information content (AvgIpc) is 2.49. The summed E-state index contributed by atoms with van der Waals surface area (Å²) in [6, 6.07) is 10.5. The highest BCUT2D eigenvalue weighted by Gasteiger charge is 2.14. The van der Waals surface area contributed by atoms with Crippen LogP contribution >= 0.6 is 11.8 Å². The Kier molecular flexibility index (Phi) is 8.38. The fraction of sp³-hybridized carbons (Fsp3) is 0.562. The summed E-state index contributed by atoms with van der Waals surface area (Å²) in [5.41, 5.74) is 0. The van der Waals surface area contributed by atoms with Gasteiger partial charge in [0.2, 0.25) is 5.91 Å². The van der Waals surface area contributed by atoms with Crippen LogP contribution in [0.5, 0.6) is 0 Å². The Morgan fingerprint density at radius 3 is 2.45 bits per heavy atom. The number of benzene rings is 1. The first-order valence-corrected chi connectivity index (χ1v) is 8.37. The molecule has 20 heavy (non-hydrogen) atoms. The largest absolute Gasteiger partial charge is 0.352 e. The van der Waals surface area contributed by atoms with Gasteiger partial charge in [0.25, 0.3) is 0 Å². The molecule has 0 aromatic heterocycles. The number of nitrogens with one attached hydrogen (secondary N) is 2. The number of carbonyl (C=O) groups is 1. The van der Waals surface area contributed by atoms with Gasteiger partial charge in [-0.05, 0) is 31.9 Å². The van der Waals surface area contributed by atoms with Crippen LogP contribution in [0.2, 0.25) is 0 Å². The predicted octanol–water partition coefficient (Wildman–Crippen LogP) is 3.06. The molecule has 0 fully saturated rings. The Balaban J connectivity index is 2.19. The minimum atomic E-state index is -0.132. The Morgan fingerprint density at radius 1 is 1.20 bits per heavy atom. The normalized spacial score (nSPS) is 12.4. The van der Waals surface area contributed by atoms with Gasteiger partial charge in [0.05, 0.1) is 6.04 Å². The molecule has 1 atom stereocenters. The molecule has 0 aliphatic carbocycles. The summed E-state index contributed by atoms with van der Waals surface area (Å²) < 4.78 is 0. The molecule has 2 N–H and O–H groups in total. The van der Waals surface area contributed by atoms with Crippen LogP contribution in [0.4, 0.5) is 0 Å². The van der Waals surface area contributed by atoms with Gasteiger partial charge in [-0.3, -0.25) is 4.79 Å². The van der Waals surface area contributed by atoms with Crippen LogP contribution in [0.25, 0.3) is 0 Å².